The average molecular weight is 331 g/mol. The number of hydrogen-bond donors (Lipinski definition) is 2. The molecular formula is C18H18FNO4. The van der Waals surface area contributed by atoms with Gasteiger partial charge in [-0.15, -0.1) is 0 Å². The second kappa shape index (κ2) is 8.10. The van der Waals surface area contributed by atoms with E-state index < -0.39 is 11.9 Å². The maximum atomic E-state index is 12.8. The zero-order valence-electron chi connectivity index (χ0n) is 13.2. The van der Waals surface area contributed by atoms with E-state index in [9.17, 15) is 14.0 Å². The minimum atomic E-state index is -0.913. The van der Waals surface area contributed by atoms with Crippen molar-refractivity contribution in [2.24, 2.45) is 5.92 Å². The number of nitrogens with one attached hydrogen (secondary N) is 1. The molecular weight excluding hydrogens is 313 g/mol. The first-order valence-electron chi connectivity index (χ1n) is 7.44. The molecule has 1 amide bonds. The lowest BCUT2D eigenvalue weighted by Gasteiger charge is -2.10. The van der Waals surface area contributed by atoms with Gasteiger partial charge in [-0.1, -0.05) is 12.1 Å². The van der Waals surface area contributed by atoms with Crippen LogP contribution in [0.25, 0.3) is 0 Å². The molecule has 0 fully saturated rings. The van der Waals surface area contributed by atoms with E-state index in [2.05, 4.69) is 5.32 Å². The highest BCUT2D eigenvalue weighted by molar-refractivity contribution is 5.92. The van der Waals surface area contributed by atoms with Crippen molar-refractivity contribution in [3.63, 3.8) is 0 Å². The van der Waals surface area contributed by atoms with E-state index in [0.29, 0.717) is 11.4 Å². The standard InChI is InChI=1S/C18H18FNO4/c1-12(18(22)23)11-24-16-8-2-13(3-9-16)10-17(21)20-15-6-4-14(19)5-7-15/h2-9,12H,10-11H2,1H3,(H,20,21)(H,22,23). The molecule has 24 heavy (non-hydrogen) atoms. The number of amides is 1. The van der Waals surface area contributed by atoms with Gasteiger partial charge in [-0.3, -0.25) is 9.59 Å². The summed E-state index contributed by atoms with van der Waals surface area (Å²) in [7, 11) is 0. The highest BCUT2D eigenvalue weighted by Crippen LogP contribution is 2.15. The third-order valence-electron chi connectivity index (χ3n) is 3.34. The average Bonchev–Trinajstić information content (AvgIpc) is 2.56. The first-order valence-corrected chi connectivity index (χ1v) is 7.44. The van der Waals surface area contributed by atoms with Crippen molar-refractivity contribution in [3.05, 3.63) is 59.9 Å². The lowest BCUT2D eigenvalue weighted by Crippen LogP contribution is -2.18. The Balaban J connectivity index is 1.85. The van der Waals surface area contributed by atoms with Gasteiger partial charge in [0.05, 0.1) is 12.3 Å². The fourth-order valence-corrected chi connectivity index (χ4v) is 1.92. The largest absolute Gasteiger partial charge is 0.493 e. The molecule has 0 bridgehead atoms. The zero-order chi connectivity index (χ0) is 17.5. The highest BCUT2D eigenvalue weighted by Gasteiger charge is 2.11. The predicted octanol–water partition coefficient (Wildman–Crippen LogP) is 3.11. The Labute approximate surface area is 139 Å². The quantitative estimate of drug-likeness (QED) is 0.817. The number of benzene rings is 2. The fraction of sp³-hybridized carbons (Fsp3) is 0.222. The lowest BCUT2D eigenvalue weighted by molar-refractivity contribution is -0.142. The number of rotatable bonds is 7. The topological polar surface area (TPSA) is 75.6 Å². The number of carbonyl (C=O) groups is 2. The van der Waals surface area contributed by atoms with Crippen LogP contribution in [0.15, 0.2) is 48.5 Å². The first kappa shape index (κ1) is 17.5. The number of carbonyl (C=O) groups excluding carboxylic acids is 1. The summed E-state index contributed by atoms with van der Waals surface area (Å²) < 4.78 is 18.2. The molecule has 0 saturated heterocycles. The minimum absolute atomic E-state index is 0.0831. The predicted molar refractivity (Wildman–Crippen MR) is 87.5 cm³/mol. The lowest BCUT2D eigenvalue weighted by atomic mass is 10.1. The maximum absolute atomic E-state index is 12.8. The number of hydrogen-bond acceptors (Lipinski definition) is 3. The Morgan fingerprint density at radius 2 is 1.75 bits per heavy atom. The molecule has 0 aliphatic rings. The molecule has 2 rings (SSSR count). The van der Waals surface area contributed by atoms with Gasteiger partial charge in [0.1, 0.15) is 18.2 Å². The van der Waals surface area contributed by atoms with Crippen LogP contribution in [0.3, 0.4) is 0 Å². The van der Waals surface area contributed by atoms with Crippen LogP contribution in [-0.4, -0.2) is 23.6 Å². The first-order chi connectivity index (χ1) is 11.4. The van der Waals surface area contributed by atoms with Crippen molar-refractivity contribution in [1.29, 1.82) is 0 Å². The van der Waals surface area contributed by atoms with Crippen molar-refractivity contribution in [3.8, 4) is 5.75 Å². The molecule has 126 valence electrons. The number of carboxylic acids is 1. The summed E-state index contributed by atoms with van der Waals surface area (Å²) >= 11 is 0. The van der Waals surface area contributed by atoms with E-state index in [-0.39, 0.29) is 24.8 Å². The van der Waals surface area contributed by atoms with Gasteiger partial charge in [0, 0.05) is 5.69 Å². The van der Waals surface area contributed by atoms with Crippen LogP contribution in [0.1, 0.15) is 12.5 Å². The molecule has 0 spiro atoms. The maximum Gasteiger partial charge on any atom is 0.309 e. The Morgan fingerprint density at radius 3 is 2.33 bits per heavy atom. The van der Waals surface area contributed by atoms with Gasteiger partial charge in [-0.05, 0) is 48.9 Å². The smallest absolute Gasteiger partial charge is 0.309 e. The summed E-state index contributed by atoms with van der Waals surface area (Å²) in [6.45, 7) is 1.65. The Morgan fingerprint density at radius 1 is 1.12 bits per heavy atom. The zero-order valence-corrected chi connectivity index (χ0v) is 13.2. The van der Waals surface area contributed by atoms with Crippen LogP contribution < -0.4 is 10.1 Å². The van der Waals surface area contributed by atoms with Crippen molar-refractivity contribution in [1.82, 2.24) is 0 Å². The van der Waals surface area contributed by atoms with E-state index in [4.69, 9.17) is 9.84 Å². The molecule has 1 unspecified atom stereocenters. The van der Waals surface area contributed by atoms with Gasteiger partial charge in [0.15, 0.2) is 0 Å². The van der Waals surface area contributed by atoms with Crippen LogP contribution in [0.4, 0.5) is 10.1 Å². The Kier molecular flexibility index (Phi) is 5.89. The van der Waals surface area contributed by atoms with Crippen LogP contribution in [-0.2, 0) is 16.0 Å². The van der Waals surface area contributed by atoms with Crippen molar-refractivity contribution in [2.75, 3.05) is 11.9 Å². The van der Waals surface area contributed by atoms with Crippen LogP contribution in [0, 0.1) is 11.7 Å². The van der Waals surface area contributed by atoms with Crippen molar-refractivity contribution in [2.45, 2.75) is 13.3 Å². The van der Waals surface area contributed by atoms with E-state index in [1.54, 1.807) is 31.2 Å². The molecule has 2 N–H and O–H groups in total. The molecule has 0 aliphatic carbocycles. The monoisotopic (exact) mass is 331 g/mol. The van der Waals surface area contributed by atoms with E-state index >= 15 is 0 Å². The summed E-state index contributed by atoms with van der Waals surface area (Å²) in [5.41, 5.74) is 1.32. The van der Waals surface area contributed by atoms with Crippen LogP contribution in [0.2, 0.25) is 0 Å². The minimum Gasteiger partial charge on any atom is -0.493 e. The molecule has 0 aromatic heterocycles. The number of carboxylic acid groups (broad SMARTS) is 1. The van der Waals surface area contributed by atoms with E-state index in [1.165, 1.54) is 24.3 Å². The molecule has 6 heteroatoms. The molecule has 0 radical (unpaired) electrons. The van der Waals surface area contributed by atoms with Crippen molar-refractivity contribution >= 4 is 17.6 Å². The molecule has 1 atom stereocenters. The second-order valence-corrected chi connectivity index (χ2v) is 5.43. The molecule has 0 aliphatic heterocycles. The molecule has 0 saturated carbocycles. The summed E-state index contributed by atoms with van der Waals surface area (Å²) in [5, 5.41) is 11.5. The summed E-state index contributed by atoms with van der Waals surface area (Å²) in [6.07, 6.45) is 0.170. The summed E-state index contributed by atoms with van der Waals surface area (Å²) in [4.78, 5) is 22.7. The van der Waals surface area contributed by atoms with Gasteiger partial charge in [0.2, 0.25) is 5.91 Å². The van der Waals surface area contributed by atoms with Crippen LogP contribution in [0.5, 0.6) is 5.75 Å². The number of anilines is 1. The molecule has 2 aromatic rings. The third-order valence-corrected chi connectivity index (χ3v) is 3.34. The fourth-order valence-electron chi connectivity index (χ4n) is 1.92. The Hall–Kier alpha value is -2.89. The Bertz CT molecular complexity index is 698. The molecule has 5 nitrogen and oxygen atoms in total. The van der Waals surface area contributed by atoms with Gasteiger partial charge in [-0.25, -0.2) is 4.39 Å². The van der Waals surface area contributed by atoms with E-state index in [1.807, 2.05) is 0 Å². The van der Waals surface area contributed by atoms with Gasteiger partial charge in [0.25, 0.3) is 0 Å². The van der Waals surface area contributed by atoms with Gasteiger partial charge in [-0.2, -0.15) is 0 Å². The van der Waals surface area contributed by atoms with Crippen LogP contribution >= 0.6 is 0 Å². The second-order valence-electron chi connectivity index (χ2n) is 5.43. The SMILES string of the molecule is CC(COc1ccc(CC(=O)Nc2ccc(F)cc2)cc1)C(=O)O. The van der Waals surface area contributed by atoms with E-state index in [0.717, 1.165) is 5.56 Å². The van der Waals surface area contributed by atoms with Crippen molar-refractivity contribution < 1.29 is 23.8 Å². The molecule has 0 heterocycles. The number of aliphatic carboxylic acids is 1. The van der Waals surface area contributed by atoms with Gasteiger partial charge >= 0.3 is 5.97 Å². The number of halogens is 1. The molecule has 2 aromatic carbocycles. The highest BCUT2D eigenvalue weighted by atomic mass is 19.1. The summed E-state index contributed by atoms with van der Waals surface area (Å²) in [5.74, 6) is -1.53. The summed E-state index contributed by atoms with van der Waals surface area (Å²) in [6, 6.07) is 12.4. The number of ether oxygens (including phenoxy) is 1. The normalized spacial score (nSPS) is 11.6. The van der Waals surface area contributed by atoms with Gasteiger partial charge < -0.3 is 15.2 Å². The third kappa shape index (κ3) is 5.39.